The molecular weight excluding hydrogens is 242 g/mol. The van der Waals surface area contributed by atoms with Gasteiger partial charge in [-0.25, -0.2) is 5.43 Å². The van der Waals surface area contributed by atoms with E-state index in [1.54, 1.807) is 6.07 Å². The molecule has 1 heterocycles. The van der Waals surface area contributed by atoms with Gasteiger partial charge in [-0.3, -0.25) is 9.59 Å². The summed E-state index contributed by atoms with van der Waals surface area (Å²) < 4.78 is 0. The smallest absolute Gasteiger partial charge is 0.274 e. The molecule has 1 aliphatic carbocycles. The first kappa shape index (κ1) is 11.6. The lowest BCUT2D eigenvalue weighted by atomic mass is 9.90. The molecule has 96 valence electrons. The molecule has 1 aliphatic rings. The van der Waals surface area contributed by atoms with Crippen LogP contribution in [-0.2, 0) is 17.6 Å². The third-order valence-electron chi connectivity index (χ3n) is 3.21. The Morgan fingerprint density at radius 2 is 2.00 bits per heavy atom. The van der Waals surface area contributed by atoms with Crippen molar-refractivity contribution < 1.29 is 4.79 Å². The van der Waals surface area contributed by atoms with Crippen molar-refractivity contribution in [2.45, 2.75) is 19.8 Å². The van der Waals surface area contributed by atoms with E-state index in [4.69, 9.17) is 0 Å². The number of fused-ring (bicyclic) bond motifs is 3. The molecule has 1 amide bonds. The maximum absolute atomic E-state index is 11.8. The molecule has 1 aromatic carbocycles. The molecule has 1 N–H and O–H groups in total. The zero-order chi connectivity index (χ0) is 13.4. The molecule has 5 nitrogen and oxygen atoms in total. The second-order valence-electron chi connectivity index (χ2n) is 4.59. The molecule has 0 bridgehead atoms. The number of nitrogens with one attached hydrogen (secondary N) is 1. The number of rotatable bonds is 1. The van der Waals surface area contributed by atoms with Gasteiger partial charge in [-0.2, -0.15) is 0 Å². The van der Waals surface area contributed by atoms with Gasteiger partial charge in [0.1, 0.15) is 0 Å². The Hall–Kier alpha value is -2.43. The summed E-state index contributed by atoms with van der Waals surface area (Å²) in [5.74, 6) is -0.321. The van der Waals surface area contributed by atoms with Gasteiger partial charge in [0.2, 0.25) is 5.91 Å². The highest BCUT2D eigenvalue weighted by atomic mass is 16.2. The van der Waals surface area contributed by atoms with E-state index < -0.39 is 0 Å². The fourth-order valence-corrected chi connectivity index (χ4v) is 2.38. The van der Waals surface area contributed by atoms with Crippen molar-refractivity contribution in [2.24, 2.45) is 0 Å². The zero-order valence-electron chi connectivity index (χ0n) is 10.5. The van der Waals surface area contributed by atoms with E-state index in [0.29, 0.717) is 0 Å². The highest BCUT2D eigenvalue weighted by Gasteiger charge is 2.18. The van der Waals surface area contributed by atoms with Crippen LogP contribution in [0.2, 0.25) is 0 Å². The van der Waals surface area contributed by atoms with Crippen molar-refractivity contribution in [3.05, 3.63) is 51.8 Å². The number of hydrogen-bond donors (Lipinski definition) is 1. The molecule has 0 fully saturated rings. The summed E-state index contributed by atoms with van der Waals surface area (Å²) in [4.78, 5) is 23.9. The van der Waals surface area contributed by atoms with Gasteiger partial charge in [0.15, 0.2) is 0 Å². The summed E-state index contributed by atoms with van der Waals surface area (Å²) in [6, 6.07) is 9.54. The summed E-state index contributed by atoms with van der Waals surface area (Å²) in [6.45, 7) is 1.35. The minimum Gasteiger partial charge on any atom is -0.274 e. The van der Waals surface area contributed by atoms with Crippen molar-refractivity contribution in [3.63, 3.8) is 0 Å². The van der Waals surface area contributed by atoms with Crippen molar-refractivity contribution in [1.82, 2.24) is 9.89 Å². The van der Waals surface area contributed by atoms with Crippen LogP contribution in [0, 0.1) is 0 Å². The Morgan fingerprint density at radius 3 is 2.79 bits per heavy atom. The lowest BCUT2D eigenvalue weighted by Crippen LogP contribution is -2.34. The third-order valence-corrected chi connectivity index (χ3v) is 3.21. The Balaban J connectivity index is 2.18. The lowest BCUT2D eigenvalue weighted by Gasteiger charge is -2.19. The largest absolute Gasteiger partial charge is 0.286 e. The van der Waals surface area contributed by atoms with Gasteiger partial charge in [0.25, 0.3) is 5.56 Å². The summed E-state index contributed by atoms with van der Waals surface area (Å²) in [5.41, 5.74) is 6.05. The lowest BCUT2D eigenvalue weighted by molar-refractivity contribution is -0.115. The fraction of sp³-hybridized carbons (Fsp3) is 0.214. The average molecular weight is 255 g/mol. The van der Waals surface area contributed by atoms with Gasteiger partial charge in [0.05, 0.1) is 5.69 Å². The van der Waals surface area contributed by atoms with E-state index in [1.807, 2.05) is 18.2 Å². The standard InChI is InChI=1S/C14H13N3O2/c1-9(18)15-17-13(19)8-11-7-6-10-4-2-3-5-12(10)14(11)16-17/h2-5,8H,6-7H2,1H3,(H,15,18). The van der Waals surface area contributed by atoms with Crippen LogP contribution in [0.5, 0.6) is 0 Å². The van der Waals surface area contributed by atoms with Crippen molar-refractivity contribution in [3.8, 4) is 11.3 Å². The number of aromatic nitrogens is 2. The predicted molar refractivity (Wildman–Crippen MR) is 71.4 cm³/mol. The quantitative estimate of drug-likeness (QED) is 0.830. The minimum atomic E-state index is -0.321. The molecule has 1 aromatic heterocycles. The number of carbonyl (C=O) groups is 1. The molecule has 3 rings (SSSR count). The highest BCUT2D eigenvalue weighted by Crippen LogP contribution is 2.30. The summed E-state index contributed by atoms with van der Waals surface area (Å²) in [6.07, 6.45) is 1.71. The van der Waals surface area contributed by atoms with E-state index in [-0.39, 0.29) is 11.5 Å². The first-order valence-corrected chi connectivity index (χ1v) is 6.14. The second kappa shape index (κ2) is 4.35. The highest BCUT2D eigenvalue weighted by molar-refractivity contribution is 5.80. The third kappa shape index (κ3) is 2.03. The van der Waals surface area contributed by atoms with Gasteiger partial charge in [-0.05, 0) is 24.0 Å². The van der Waals surface area contributed by atoms with Crippen LogP contribution in [0.3, 0.4) is 0 Å². The molecular formula is C14H13N3O2. The van der Waals surface area contributed by atoms with Gasteiger partial charge in [-0.15, -0.1) is 9.89 Å². The number of aryl methyl sites for hydroxylation is 2. The second-order valence-corrected chi connectivity index (χ2v) is 4.59. The fourth-order valence-electron chi connectivity index (χ4n) is 2.38. The van der Waals surface area contributed by atoms with Crippen LogP contribution >= 0.6 is 0 Å². The first-order valence-electron chi connectivity index (χ1n) is 6.14. The van der Waals surface area contributed by atoms with E-state index >= 15 is 0 Å². The number of benzene rings is 1. The molecule has 0 spiro atoms. The molecule has 2 aromatic rings. The van der Waals surface area contributed by atoms with E-state index in [1.165, 1.54) is 12.5 Å². The maximum atomic E-state index is 11.8. The number of amides is 1. The topological polar surface area (TPSA) is 64.0 Å². The van der Waals surface area contributed by atoms with Crippen LogP contribution in [-0.4, -0.2) is 15.8 Å². The van der Waals surface area contributed by atoms with E-state index in [0.717, 1.165) is 34.5 Å². The molecule has 0 radical (unpaired) electrons. The SMILES string of the molecule is CC(=O)Nn1nc2c(cc1=O)CCc1ccccc1-2. The molecule has 5 heteroatoms. The monoisotopic (exact) mass is 255 g/mol. The van der Waals surface area contributed by atoms with Crippen LogP contribution < -0.4 is 11.0 Å². The Labute approximate surface area is 109 Å². The Morgan fingerprint density at radius 1 is 1.26 bits per heavy atom. The minimum absolute atomic E-state index is 0.312. The van der Waals surface area contributed by atoms with Crippen LogP contribution in [0.15, 0.2) is 35.1 Å². The Bertz CT molecular complexity index is 719. The van der Waals surface area contributed by atoms with Gasteiger partial charge in [-0.1, -0.05) is 24.3 Å². The van der Waals surface area contributed by atoms with Crippen LogP contribution in [0.4, 0.5) is 0 Å². The van der Waals surface area contributed by atoms with Crippen LogP contribution in [0.25, 0.3) is 11.3 Å². The molecule has 19 heavy (non-hydrogen) atoms. The molecule has 0 atom stereocenters. The average Bonchev–Trinajstić information content (AvgIpc) is 2.39. The van der Waals surface area contributed by atoms with Crippen LogP contribution in [0.1, 0.15) is 18.1 Å². The number of hydrogen-bond acceptors (Lipinski definition) is 3. The van der Waals surface area contributed by atoms with Gasteiger partial charge >= 0.3 is 0 Å². The summed E-state index contributed by atoms with van der Waals surface area (Å²) in [7, 11) is 0. The number of carbonyl (C=O) groups excluding carboxylic acids is 1. The van der Waals surface area contributed by atoms with Crippen molar-refractivity contribution in [1.29, 1.82) is 0 Å². The van der Waals surface area contributed by atoms with Gasteiger partial charge < -0.3 is 0 Å². The molecule has 0 aliphatic heterocycles. The molecule has 0 unspecified atom stereocenters. The van der Waals surface area contributed by atoms with Crippen molar-refractivity contribution >= 4 is 5.91 Å². The maximum Gasteiger partial charge on any atom is 0.286 e. The van der Waals surface area contributed by atoms with E-state index in [9.17, 15) is 9.59 Å². The predicted octanol–water partition coefficient (Wildman–Crippen LogP) is 1.10. The number of nitrogens with zero attached hydrogens (tertiary/aromatic N) is 2. The normalized spacial score (nSPS) is 12.5. The molecule has 0 saturated heterocycles. The van der Waals surface area contributed by atoms with E-state index in [2.05, 4.69) is 16.6 Å². The summed E-state index contributed by atoms with van der Waals surface area (Å²) in [5, 5.41) is 4.27. The van der Waals surface area contributed by atoms with Gasteiger partial charge in [0, 0.05) is 18.6 Å². The Kier molecular flexibility index (Phi) is 2.67. The zero-order valence-corrected chi connectivity index (χ0v) is 10.5. The summed E-state index contributed by atoms with van der Waals surface area (Å²) >= 11 is 0. The van der Waals surface area contributed by atoms with Crippen molar-refractivity contribution in [2.75, 3.05) is 5.43 Å². The first-order chi connectivity index (χ1) is 9.15. The molecule has 0 saturated carbocycles.